The fourth-order valence-corrected chi connectivity index (χ4v) is 2.68. The molecule has 0 unspecified atom stereocenters. The van der Waals surface area contributed by atoms with E-state index in [2.05, 4.69) is 57.1 Å². The van der Waals surface area contributed by atoms with E-state index in [4.69, 9.17) is 0 Å². The number of hydrogen-bond acceptors (Lipinski definition) is 3. The van der Waals surface area contributed by atoms with Gasteiger partial charge in [-0.2, -0.15) is 5.10 Å². The van der Waals surface area contributed by atoms with E-state index in [-0.39, 0.29) is 0 Å². The first-order valence-corrected chi connectivity index (χ1v) is 7.90. The fourth-order valence-electron chi connectivity index (χ4n) is 2.68. The molecule has 3 aromatic rings. The number of hydrogen-bond donors (Lipinski definition) is 0. The Bertz CT molecular complexity index is 729. The summed E-state index contributed by atoms with van der Waals surface area (Å²) >= 11 is 0. The quantitative estimate of drug-likeness (QED) is 0.672. The number of nitrogens with zero attached hydrogens (tertiary/aromatic N) is 5. The topological polar surface area (TPSA) is 38.9 Å². The van der Waals surface area contributed by atoms with Crippen molar-refractivity contribution in [1.82, 2.24) is 24.2 Å². The van der Waals surface area contributed by atoms with Crippen molar-refractivity contribution in [3.63, 3.8) is 0 Å². The lowest BCUT2D eigenvalue weighted by atomic mass is 10.2. The standard InChI is InChI=1S/C18H23N5/c1-21(9-8-17-10-20-22(2)12-17)14-18-11-19-15-23(18)13-16-6-4-3-5-7-16/h3-7,10-12,15H,8-9,13-14H2,1-2H3. The Kier molecular flexibility index (Phi) is 4.88. The molecule has 0 N–H and O–H groups in total. The summed E-state index contributed by atoms with van der Waals surface area (Å²) in [5, 5.41) is 4.22. The average molecular weight is 309 g/mol. The number of aromatic nitrogens is 4. The largest absolute Gasteiger partial charge is 0.329 e. The molecule has 0 aliphatic rings. The lowest BCUT2D eigenvalue weighted by Crippen LogP contribution is -2.22. The second-order valence-electron chi connectivity index (χ2n) is 6.01. The maximum Gasteiger partial charge on any atom is 0.0951 e. The highest BCUT2D eigenvalue weighted by atomic mass is 15.2. The molecule has 0 bridgehead atoms. The molecule has 0 saturated carbocycles. The number of rotatable bonds is 7. The van der Waals surface area contributed by atoms with E-state index in [1.807, 2.05) is 36.5 Å². The van der Waals surface area contributed by atoms with Gasteiger partial charge in [0.2, 0.25) is 0 Å². The van der Waals surface area contributed by atoms with Gasteiger partial charge in [0, 0.05) is 39.1 Å². The van der Waals surface area contributed by atoms with Crippen LogP contribution < -0.4 is 0 Å². The highest BCUT2D eigenvalue weighted by molar-refractivity contribution is 5.16. The Morgan fingerprint density at radius 2 is 1.91 bits per heavy atom. The van der Waals surface area contributed by atoms with Crippen molar-refractivity contribution >= 4 is 0 Å². The summed E-state index contributed by atoms with van der Waals surface area (Å²) in [6, 6.07) is 10.5. The lowest BCUT2D eigenvalue weighted by Gasteiger charge is -2.17. The van der Waals surface area contributed by atoms with E-state index in [0.717, 1.165) is 26.1 Å². The fraction of sp³-hybridized carbons (Fsp3) is 0.333. The van der Waals surface area contributed by atoms with Gasteiger partial charge in [-0.3, -0.25) is 4.68 Å². The van der Waals surface area contributed by atoms with Crippen molar-refractivity contribution in [1.29, 1.82) is 0 Å². The van der Waals surface area contributed by atoms with Gasteiger partial charge in [0.05, 0.1) is 18.2 Å². The summed E-state index contributed by atoms with van der Waals surface area (Å²) in [6.07, 6.45) is 8.90. The Labute approximate surface area is 137 Å². The molecule has 3 rings (SSSR count). The van der Waals surface area contributed by atoms with Crippen molar-refractivity contribution in [2.24, 2.45) is 7.05 Å². The summed E-state index contributed by atoms with van der Waals surface area (Å²) in [7, 11) is 4.10. The van der Waals surface area contributed by atoms with Crippen LogP contribution in [0.2, 0.25) is 0 Å². The Hall–Kier alpha value is -2.40. The summed E-state index contributed by atoms with van der Waals surface area (Å²) in [6.45, 7) is 2.77. The first-order chi connectivity index (χ1) is 11.2. The summed E-state index contributed by atoms with van der Waals surface area (Å²) < 4.78 is 4.07. The van der Waals surface area contributed by atoms with E-state index in [1.54, 1.807) is 0 Å². The van der Waals surface area contributed by atoms with Crippen molar-refractivity contribution in [3.05, 3.63) is 72.1 Å². The molecule has 0 saturated heterocycles. The molecule has 0 aliphatic carbocycles. The van der Waals surface area contributed by atoms with Crippen LogP contribution in [0.4, 0.5) is 0 Å². The predicted molar refractivity (Wildman–Crippen MR) is 91.0 cm³/mol. The second kappa shape index (κ2) is 7.24. The number of imidazole rings is 1. The molecule has 23 heavy (non-hydrogen) atoms. The molecule has 2 aromatic heterocycles. The molecule has 0 radical (unpaired) electrons. The van der Waals surface area contributed by atoms with Crippen LogP contribution in [0.5, 0.6) is 0 Å². The molecule has 1 aromatic carbocycles. The van der Waals surface area contributed by atoms with Crippen molar-refractivity contribution in [3.8, 4) is 0 Å². The van der Waals surface area contributed by atoms with Crippen molar-refractivity contribution in [2.75, 3.05) is 13.6 Å². The van der Waals surface area contributed by atoms with Crippen LogP contribution in [0, 0.1) is 0 Å². The molecule has 5 nitrogen and oxygen atoms in total. The molecule has 120 valence electrons. The van der Waals surface area contributed by atoms with Gasteiger partial charge in [-0.1, -0.05) is 30.3 Å². The minimum absolute atomic E-state index is 0.868. The number of aryl methyl sites for hydroxylation is 1. The minimum Gasteiger partial charge on any atom is -0.329 e. The zero-order chi connectivity index (χ0) is 16.1. The third-order valence-corrected chi connectivity index (χ3v) is 3.97. The lowest BCUT2D eigenvalue weighted by molar-refractivity contribution is 0.322. The van der Waals surface area contributed by atoms with Crippen LogP contribution >= 0.6 is 0 Å². The predicted octanol–water partition coefficient (Wildman–Crippen LogP) is 2.34. The van der Waals surface area contributed by atoms with Crippen LogP contribution in [-0.2, 0) is 26.6 Å². The average Bonchev–Trinajstić information content (AvgIpc) is 3.16. The molecular formula is C18H23N5. The highest BCUT2D eigenvalue weighted by Crippen LogP contribution is 2.09. The number of benzene rings is 1. The zero-order valence-corrected chi connectivity index (χ0v) is 13.8. The molecule has 2 heterocycles. The molecule has 0 fully saturated rings. The van der Waals surface area contributed by atoms with E-state index < -0.39 is 0 Å². The van der Waals surface area contributed by atoms with Crippen LogP contribution in [0.3, 0.4) is 0 Å². The molecule has 0 amide bonds. The molecule has 0 aliphatic heterocycles. The van der Waals surface area contributed by atoms with Gasteiger partial charge in [-0.15, -0.1) is 0 Å². The molecular weight excluding hydrogens is 286 g/mol. The first kappa shape index (κ1) is 15.5. The van der Waals surface area contributed by atoms with E-state index in [9.17, 15) is 0 Å². The van der Waals surface area contributed by atoms with Crippen LogP contribution in [0.25, 0.3) is 0 Å². The first-order valence-electron chi connectivity index (χ1n) is 7.90. The second-order valence-corrected chi connectivity index (χ2v) is 6.01. The normalized spacial score (nSPS) is 11.3. The van der Waals surface area contributed by atoms with Gasteiger partial charge < -0.3 is 9.47 Å². The van der Waals surface area contributed by atoms with Gasteiger partial charge in [-0.25, -0.2) is 4.98 Å². The highest BCUT2D eigenvalue weighted by Gasteiger charge is 2.07. The Morgan fingerprint density at radius 1 is 1.09 bits per heavy atom. The minimum atomic E-state index is 0.868. The Balaban J connectivity index is 1.56. The van der Waals surface area contributed by atoms with Gasteiger partial charge in [-0.05, 0) is 24.6 Å². The van der Waals surface area contributed by atoms with E-state index in [1.165, 1.54) is 16.8 Å². The van der Waals surface area contributed by atoms with E-state index in [0.29, 0.717) is 0 Å². The molecule has 0 atom stereocenters. The smallest absolute Gasteiger partial charge is 0.0951 e. The maximum absolute atomic E-state index is 4.32. The zero-order valence-electron chi connectivity index (χ0n) is 13.8. The van der Waals surface area contributed by atoms with E-state index >= 15 is 0 Å². The van der Waals surface area contributed by atoms with Crippen LogP contribution in [0.15, 0.2) is 55.2 Å². The van der Waals surface area contributed by atoms with Gasteiger partial charge in [0.1, 0.15) is 0 Å². The summed E-state index contributed by atoms with van der Waals surface area (Å²) in [4.78, 5) is 6.64. The van der Waals surface area contributed by atoms with Gasteiger partial charge >= 0.3 is 0 Å². The third-order valence-electron chi connectivity index (χ3n) is 3.97. The van der Waals surface area contributed by atoms with Crippen molar-refractivity contribution < 1.29 is 0 Å². The SMILES string of the molecule is CN(CCc1cnn(C)c1)Cc1cncn1Cc1ccccc1. The van der Waals surface area contributed by atoms with Gasteiger partial charge in [0.15, 0.2) is 0 Å². The Morgan fingerprint density at radius 3 is 2.65 bits per heavy atom. The summed E-state index contributed by atoms with van der Waals surface area (Å²) in [5.41, 5.74) is 3.81. The summed E-state index contributed by atoms with van der Waals surface area (Å²) in [5.74, 6) is 0. The number of likely N-dealkylation sites (N-methyl/N-ethyl adjacent to an activating group) is 1. The molecule has 5 heteroatoms. The van der Waals surface area contributed by atoms with Crippen LogP contribution in [0.1, 0.15) is 16.8 Å². The molecule has 0 spiro atoms. The monoisotopic (exact) mass is 309 g/mol. The van der Waals surface area contributed by atoms with Gasteiger partial charge in [0.25, 0.3) is 0 Å². The van der Waals surface area contributed by atoms with Crippen LogP contribution in [-0.4, -0.2) is 37.8 Å². The maximum atomic E-state index is 4.32. The van der Waals surface area contributed by atoms with Crippen molar-refractivity contribution in [2.45, 2.75) is 19.5 Å². The third kappa shape index (κ3) is 4.29.